The van der Waals surface area contributed by atoms with Gasteiger partial charge in [0.2, 0.25) is 5.82 Å². The van der Waals surface area contributed by atoms with E-state index in [1.165, 1.54) is 4.90 Å². The summed E-state index contributed by atoms with van der Waals surface area (Å²) < 4.78 is 0. The van der Waals surface area contributed by atoms with Gasteiger partial charge in [-0.25, -0.2) is 4.98 Å². The molecule has 0 aliphatic carbocycles. The number of aryl methyl sites for hydroxylation is 1. The van der Waals surface area contributed by atoms with Crippen LogP contribution in [0.3, 0.4) is 0 Å². The van der Waals surface area contributed by atoms with Crippen molar-refractivity contribution in [1.82, 2.24) is 20.1 Å². The van der Waals surface area contributed by atoms with Gasteiger partial charge in [0.15, 0.2) is 0 Å². The van der Waals surface area contributed by atoms with Crippen LogP contribution in [0.15, 0.2) is 0 Å². The summed E-state index contributed by atoms with van der Waals surface area (Å²) in [5.74, 6) is -0.816. The largest absolute Gasteiger partial charge is 0.480 e. The Kier molecular flexibility index (Phi) is 5.47. The average molecular weight is 268 g/mol. The standard InChI is InChI=1S/C12H20N4O3/c1-4-6-9-13-11(15-14-9)12(19)16(7-10(17)18)8(3)5-2/h8H,4-7H2,1-3H3,(H,17,18)(H,13,14,15). The molecule has 1 aromatic heterocycles. The maximum atomic E-state index is 12.2. The predicted molar refractivity (Wildman–Crippen MR) is 68.8 cm³/mol. The number of amides is 1. The van der Waals surface area contributed by atoms with Crippen molar-refractivity contribution in [2.24, 2.45) is 0 Å². The topological polar surface area (TPSA) is 99.2 Å². The molecule has 1 atom stereocenters. The highest BCUT2D eigenvalue weighted by atomic mass is 16.4. The molecule has 7 nitrogen and oxygen atoms in total. The van der Waals surface area contributed by atoms with Gasteiger partial charge in [-0.1, -0.05) is 13.8 Å². The first-order valence-electron chi connectivity index (χ1n) is 6.43. The summed E-state index contributed by atoms with van der Waals surface area (Å²) in [7, 11) is 0. The fraction of sp³-hybridized carbons (Fsp3) is 0.667. The van der Waals surface area contributed by atoms with Crippen molar-refractivity contribution in [1.29, 1.82) is 0 Å². The van der Waals surface area contributed by atoms with Crippen LogP contribution in [-0.2, 0) is 11.2 Å². The molecule has 0 saturated carbocycles. The van der Waals surface area contributed by atoms with Crippen molar-refractivity contribution in [3.05, 3.63) is 11.6 Å². The van der Waals surface area contributed by atoms with Gasteiger partial charge in [-0.3, -0.25) is 14.7 Å². The lowest BCUT2D eigenvalue weighted by Crippen LogP contribution is -2.42. The van der Waals surface area contributed by atoms with Gasteiger partial charge in [-0.15, -0.1) is 5.10 Å². The number of H-pyrrole nitrogens is 1. The molecule has 0 bridgehead atoms. The number of aromatic nitrogens is 3. The molecule has 1 aromatic rings. The minimum atomic E-state index is -1.04. The Bertz CT molecular complexity index is 444. The van der Waals surface area contributed by atoms with E-state index in [1.54, 1.807) is 6.92 Å². The van der Waals surface area contributed by atoms with E-state index in [4.69, 9.17) is 5.11 Å². The summed E-state index contributed by atoms with van der Waals surface area (Å²) in [6.45, 7) is 5.36. The van der Waals surface area contributed by atoms with Crippen molar-refractivity contribution in [3.8, 4) is 0 Å². The molecule has 1 amide bonds. The lowest BCUT2D eigenvalue weighted by Gasteiger charge is -2.25. The number of aromatic amines is 1. The Morgan fingerprint density at radius 2 is 2.11 bits per heavy atom. The van der Waals surface area contributed by atoms with E-state index in [-0.39, 0.29) is 18.4 Å². The van der Waals surface area contributed by atoms with Crippen molar-refractivity contribution < 1.29 is 14.7 Å². The van der Waals surface area contributed by atoms with Crippen molar-refractivity contribution >= 4 is 11.9 Å². The minimum absolute atomic E-state index is 0.0324. The fourth-order valence-electron chi connectivity index (χ4n) is 1.66. The Morgan fingerprint density at radius 1 is 1.42 bits per heavy atom. The van der Waals surface area contributed by atoms with Crippen LogP contribution in [0.5, 0.6) is 0 Å². The lowest BCUT2D eigenvalue weighted by atomic mass is 10.2. The van der Waals surface area contributed by atoms with E-state index < -0.39 is 11.9 Å². The molecule has 0 spiro atoms. The summed E-state index contributed by atoms with van der Waals surface area (Å²) in [5.41, 5.74) is 0. The smallest absolute Gasteiger partial charge is 0.323 e. The number of nitrogens with one attached hydrogen (secondary N) is 1. The van der Waals surface area contributed by atoms with E-state index in [0.717, 1.165) is 6.42 Å². The van der Waals surface area contributed by atoms with Gasteiger partial charge < -0.3 is 10.0 Å². The van der Waals surface area contributed by atoms with Crippen LogP contribution in [0.1, 0.15) is 50.1 Å². The number of carboxylic acid groups (broad SMARTS) is 1. The molecule has 0 aromatic carbocycles. The summed E-state index contributed by atoms with van der Waals surface area (Å²) >= 11 is 0. The van der Waals surface area contributed by atoms with Gasteiger partial charge >= 0.3 is 5.97 Å². The van der Waals surface area contributed by atoms with Gasteiger partial charge in [-0.2, -0.15) is 0 Å². The molecule has 1 unspecified atom stereocenters. The summed E-state index contributed by atoms with van der Waals surface area (Å²) in [5, 5.41) is 15.4. The molecule has 106 valence electrons. The van der Waals surface area contributed by atoms with Gasteiger partial charge in [0.25, 0.3) is 5.91 Å². The number of hydrogen-bond acceptors (Lipinski definition) is 4. The second-order valence-electron chi connectivity index (χ2n) is 4.44. The fourth-order valence-corrected chi connectivity index (χ4v) is 1.66. The molecule has 2 N–H and O–H groups in total. The van der Waals surface area contributed by atoms with Crippen molar-refractivity contribution in [2.75, 3.05) is 6.54 Å². The number of aliphatic carboxylic acids is 1. The zero-order valence-electron chi connectivity index (χ0n) is 11.5. The maximum absolute atomic E-state index is 12.2. The molecule has 0 radical (unpaired) electrons. The van der Waals surface area contributed by atoms with Crippen LogP contribution >= 0.6 is 0 Å². The van der Waals surface area contributed by atoms with Crippen LogP contribution in [0.4, 0.5) is 0 Å². The van der Waals surface area contributed by atoms with Crippen LogP contribution in [0, 0.1) is 0 Å². The molecular weight excluding hydrogens is 248 g/mol. The molecule has 1 rings (SSSR count). The third-order valence-corrected chi connectivity index (χ3v) is 2.90. The number of hydrogen-bond donors (Lipinski definition) is 2. The monoisotopic (exact) mass is 268 g/mol. The first kappa shape index (κ1) is 15.1. The summed E-state index contributed by atoms with van der Waals surface area (Å²) in [6, 6.07) is -0.170. The molecule has 0 saturated heterocycles. The minimum Gasteiger partial charge on any atom is -0.480 e. The van der Waals surface area contributed by atoms with E-state index in [2.05, 4.69) is 15.2 Å². The summed E-state index contributed by atoms with van der Waals surface area (Å²) in [6.07, 6.45) is 2.28. The second-order valence-corrected chi connectivity index (χ2v) is 4.44. The van der Waals surface area contributed by atoms with Gasteiger partial charge in [0.05, 0.1) is 0 Å². The molecule has 19 heavy (non-hydrogen) atoms. The predicted octanol–water partition coefficient (Wildman–Crippen LogP) is 1.08. The van der Waals surface area contributed by atoms with Crippen molar-refractivity contribution in [3.63, 3.8) is 0 Å². The van der Waals surface area contributed by atoms with Crippen LogP contribution in [-0.4, -0.2) is 49.7 Å². The molecular formula is C12H20N4O3. The van der Waals surface area contributed by atoms with Crippen LogP contribution < -0.4 is 0 Å². The lowest BCUT2D eigenvalue weighted by molar-refractivity contribution is -0.138. The molecule has 1 heterocycles. The summed E-state index contributed by atoms with van der Waals surface area (Å²) in [4.78, 5) is 28.4. The maximum Gasteiger partial charge on any atom is 0.323 e. The third-order valence-electron chi connectivity index (χ3n) is 2.90. The second kappa shape index (κ2) is 6.86. The quantitative estimate of drug-likeness (QED) is 0.771. The highest BCUT2D eigenvalue weighted by molar-refractivity contribution is 5.92. The Morgan fingerprint density at radius 3 is 2.63 bits per heavy atom. The van der Waals surface area contributed by atoms with E-state index in [0.29, 0.717) is 18.7 Å². The van der Waals surface area contributed by atoms with Gasteiger partial charge in [0.1, 0.15) is 12.4 Å². The number of carboxylic acids is 1. The zero-order valence-corrected chi connectivity index (χ0v) is 11.5. The highest BCUT2D eigenvalue weighted by Crippen LogP contribution is 2.08. The molecule has 0 aliphatic heterocycles. The third kappa shape index (κ3) is 4.04. The van der Waals surface area contributed by atoms with E-state index in [9.17, 15) is 9.59 Å². The molecule has 7 heteroatoms. The first-order valence-corrected chi connectivity index (χ1v) is 6.43. The van der Waals surface area contributed by atoms with Gasteiger partial charge in [0, 0.05) is 12.5 Å². The Hall–Kier alpha value is -1.92. The first-order chi connectivity index (χ1) is 8.99. The van der Waals surface area contributed by atoms with E-state index >= 15 is 0 Å². The number of rotatable bonds is 7. The normalized spacial score (nSPS) is 12.2. The van der Waals surface area contributed by atoms with Crippen molar-refractivity contribution in [2.45, 2.75) is 46.1 Å². The number of nitrogens with zero attached hydrogens (tertiary/aromatic N) is 3. The van der Waals surface area contributed by atoms with E-state index in [1.807, 2.05) is 13.8 Å². The zero-order chi connectivity index (χ0) is 14.4. The molecule has 0 aliphatic rings. The number of carbonyl (C=O) groups excluding carboxylic acids is 1. The average Bonchev–Trinajstić information content (AvgIpc) is 2.83. The Labute approximate surface area is 112 Å². The van der Waals surface area contributed by atoms with Gasteiger partial charge in [-0.05, 0) is 19.8 Å². The molecule has 0 fully saturated rings. The van der Waals surface area contributed by atoms with Crippen LogP contribution in [0.2, 0.25) is 0 Å². The van der Waals surface area contributed by atoms with Crippen LogP contribution in [0.25, 0.3) is 0 Å². The highest BCUT2D eigenvalue weighted by Gasteiger charge is 2.25. The Balaban J connectivity index is 2.87. The SMILES string of the molecule is CCCc1nc(C(=O)N(CC(=O)O)C(C)CC)n[nH]1. The number of carbonyl (C=O) groups is 2.